The van der Waals surface area contributed by atoms with Crippen LogP contribution in [0.15, 0.2) is 23.3 Å². The lowest BCUT2D eigenvalue weighted by atomic mass is 9.70. The van der Waals surface area contributed by atoms with Gasteiger partial charge in [-0.3, -0.25) is 0 Å². The van der Waals surface area contributed by atoms with Gasteiger partial charge in [-0.25, -0.2) is 9.71 Å². The molecular formula is C12H15BN2O4. The number of phenolic OH excluding ortho intramolecular Hbond substituents is 1. The normalized spacial score (nSPS) is 14.3. The summed E-state index contributed by atoms with van der Waals surface area (Å²) >= 11 is 0. The number of ether oxygens (including phenoxy) is 1. The number of fused-ring (bicyclic) bond motifs is 1. The van der Waals surface area contributed by atoms with Crippen molar-refractivity contribution in [2.45, 2.75) is 26.4 Å². The van der Waals surface area contributed by atoms with Crippen molar-refractivity contribution >= 4 is 24.8 Å². The maximum absolute atomic E-state index is 11.9. The van der Waals surface area contributed by atoms with E-state index in [-0.39, 0.29) is 5.75 Å². The first-order valence-corrected chi connectivity index (χ1v) is 5.85. The molecule has 1 aliphatic rings. The van der Waals surface area contributed by atoms with E-state index in [0.29, 0.717) is 11.0 Å². The molecule has 0 aliphatic carbocycles. The lowest BCUT2D eigenvalue weighted by Crippen LogP contribution is -2.53. The van der Waals surface area contributed by atoms with E-state index >= 15 is 0 Å². The highest BCUT2D eigenvalue weighted by Gasteiger charge is 2.36. The van der Waals surface area contributed by atoms with Crippen molar-refractivity contribution in [3.05, 3.63) is 23.8 Å². The van der Waals surface area contributed by atoms with E-state index in [2.05, 4.69) is 5.10 Å². The maximum Gasteiger partial charge on any atom is 0.478 e. The van der Waals surface area contributed by atoms with Crippen molar-refractivity contribution < 1.29 is 19.7 Å². The molecule has 0 aromatic heterocycles. The molecular weight excluding hydrogens is 247 g/mol. The summed E-state index contributed by atoms with van der Waals surface area (Å²) in [5, 5.41) is 23.4. The number of carbonyl (C=O) groups excluding carboxylic acids is 1. The molecule has 0 atom stereocenters. The molecule has 1 aromatic carbocycles. The third kappa shape index (κ3) is 2.87. The van der Waals surface area contributed by atoms with Crippen LogP contribution in [0.2, 0.25) is 0 Å². The van der Waals surface area contributed by atoms with Crippen molar-refractivity contribution in [3.8, 4) is 5.75 Å². The number of rotatable bonds is 0. The molecule has 2 rings (SSSR count). The number of aromatic hydroxyl groups is 1. The van der Waals surface area contributed by atoms with E-state index < -0.39 is 18.7 Å². The Hall–Kier alpha value is -2.02. The number of benzene rings is 1. The summed E-state index contributed by atoms with van der Waals surface area (Å²) in [6, 6.07) is 4.49. The SMILES string of the molecule is CC(C)(C)OC(=O)N1N=Cc2ccc(O)cc2B1O. The van der Waals surface area contributed by atoms with Crippen molar-refractivity contribution in [3.63, 3.8) is 0 Å². The standard InChI is InChI=1S/C12H15BN2O4/c1-12(2,3)19-11(17)15-13(18)10-6-9(16)5-4-8(10)7-14-15/h4-7,16,18H,1-3H3. The summed E-state index contributed by atoms with van der Waals surface area (Å²) in [5.74, 6) is 0.0113. The highest BCUT2D eigenvalue weighted by atomic mass is 16.6. The number of nitrogens with zero attached hydrogens (tertiary/aromatic N) is 2. The fourth-order valence-corrected chi connectivity index (χ4v) is 1.68. The van der Waals surface area contributed by atoms with E-state index in [0.717, 1.165) is 4.92 Å². The molecule has 7 heteroatoms. The van der Waals surface area contributed by atoms with Gasteiger partial charge in [0.2, 0.25) is 0 Å². The molecule has 0 saturated heterocycles. The van der Waals surface area contributed by atoms with E-state index in [1.165, 1.54) is 18.3 Å². The third-order valence-corrected chi connectivity index (χ3v) is 2.48. The van der Waals surface area contributed by atoms with Gasteiger partial charge in [0.25, 0.3) is 0 Å². The van der Waals surface area contributed by atoms with E-state index in [1.54, 1.807) is 26.8 Å². The molecule has 100 valence electrons. The lowest BCUT2D eigenvalue weighted by Gasteiger charge is -2.28. The highest BCUT2D eigenvalue weighted by Crippen LogP contribution is 2.15. The summed E-state index contributed by atoms with van der Waals surface area (Å²) in [7, 11) is -1.28. The molecule has 0 spiro atoms. The Morgan fingerprint density at radius 3 is 2.74 bits per heavy atom. The van der Waals surface area contributed by atoms with Crippen LogP contribution in [0.1, 0.15) is 26.3 Å². The topological polar surface area (TPSA) is 82.4 Å². The van der Waals surface area contributed by atoms with Crippen molar-refractivity contribution in [2.75, 3.05) is 0 Å². The van der Waals surface area contributed by atoms with Crippen molar-refractivity contribution in [1.29, 1.82) is 0 Å². The molecule has 6 nitrogen and oxygen atoms in total. The number of phenols is 1. The molecule has 1 aromatic rings. The molecule has 1 amide bonds. The Bertz CT molecular complexity index is 539. The predicted molar refractivity (Wildman–Crippen MR) is 71.4 cm³/mol. The Balaban J connectivity index is 2.26. The van der Waals surface area contributed by atoms with Crippen molar-refractivity contribution in [1.82, 2.24) is 4.92 Å². The van der Waals surface area contributed by atoms with Gasteiger partial charge >= 0.3 is 13.1 Å². The Morgan fingerprint density at radius 1 is 1.42 bits per heavy atom. The summed E-state index contributed by atoms with van der Waals surface area (Å²) in [6.07, 6.45) is 0.691. The average molecular weight is 262 g/mol. The zero-order chi connectivity index (χ0) is 14.2. The molecule has 0 radical (unpaired) electrons. The first kappa shape index (κ1) is 13.4. The molecule has 0 saturated carbocycles. The predicted octanol–water partition coefficient (Wildman–Crippen LogP) is 0.664. The third-order valence-electron chi connectivity index (χ3n) is 2.48. The van der Waals surface area contributed by atoms with Crippen LogP contribution in [0, 0.1) is 0 Å². The fourth-order valence-electron chi connectivity index (χ4n) is 1.68. The van der Waals surface area contributed by atoms with E-state index in [4.69, 9.17) is 4.74 Å². The van der Waals surface area contributed by atoms with Crippen LogP contribution in [0.4, 0.5) is 4.79 Å². The zero-order valence-electron chi connectivity index (χ0n) is 11.0. The van der Waals surface area contributed by atoms with Crippen LogP contribution >= 0.6 is 0 Å². The number of carbonyl (C=O) groups is 1. The largest absolute Gasteiger partial charge is 0.508 e. The van der Waals surface area contributed by atoms with Crippen molar-refractivity contribution in [2.24, 2.45) is 5.10 Å². The summed E-state index contributed by atoms with van der Waals surface area (Å²) < 4.78 is 5.14. The number of hydrazone groups is 1. The average Bonchev–Trinajstić information content (AvgIpc) is 2.28. The van der Waals surface area contributed by atoms with Crippen LogP contribution in [-0.4, -0.2) is 40.0 Å². The summed E-state index contributed by atoms with van der Waals surface area (Å²) in [6.45, 7) is 5.18. The molecule has 1 heterocycles. The number of hydrogen-bond acceptors (Lipinski definition) is 5. The first-order chi connectivity index (χ1) is 8.78. The van der Waals surface area contributed by atoms with Gasteiger partial charge in [0, 0.05) is 0 Å². The summed E-state index contributed by atoms with van der Waals surface area (Å²) in [5.41, 5.74) is 0.372. The second-order valence-electron chi connectivity index (χ2n) is 5.26. The minimum absolute atomic E-state index is 0.0113. The van der Waals surface area contributed by atoms with Gasteiger partial charge in [0.1, 0.15) is 11.4 Å². The maximum atomic E-state index is 11.9. The quantitative estimate of drug-likeness (QED) is 0.673. The van der Waals surface area contributed by atoms with Crippen LogP contribution in [0.3, 0.4) is 0 Å². The zero-order valence-corrected chi connectivity index (χ0v) is 11.0. The van der Waals surface area contributed by atoms with Gasteiger partial charge in [0.15, 0.2) is 0 Å². The van der Waals surface area contributed by atoms with E-state index in [9.17, 15) is 14.9 Å². The van der Waals surface area contributed by atoms with E-state index in [1.807, 2.05) is 0 Å². The van der Waals surface area contributed by atoms with Gasteiger partial charge in [-0.05, 0) is 43.9 Å². The summed E-state index contributed by atoms with van der Waals surface area (Å²) in [4.78, 5) is 12.7. The van der Waals surface area contributed by atoms with Crippen LogP contribution in [0.25, 0.3) is 0 Å². The first-order valence-electron chi connectivity index (χ1n) is 5.85. The minimum atomic E-state index is -1.28. The molecule has 19 heavy (non-hydrogen) atoms. The molecule has 0 unspecified atom stereocenters. The Kier molecular flexibility index (Phi) is 3.24. The van der Waals surface area contributed by atoms with Crippen LogP contribution < -0.4 is 5.46 Å². The second-order valence-corrected chi connectivity index (χ2v) is 5.26. The van der Waals surface area contributed by atoms with Gasteiger partial charge in [-0.1, -0.05) is 6.07 Å². The number of hydrogen-bond donors (Lipinski definition) is 2. The van der Waals surface area contributed by atoms with Crippen LogP contribution in [-0.2, 0) is 4.74 Å². The molecule has 0 fully saturated rings. The van der Waals surface area contributed by atoms with Gasteiger partial charge in [-0.2, -0.15) is 5.10 Å². The molecule has 2 N–H and O–H groups in total. The Morgan fingerprint density at radius 2 is 2.11 bits per heavy atom. The smallest absolute Gasteiger partial charge is 0.478 e. The molecule has 1 aliphatic heterocycles. The highest BCUT2D eigenvalue weighted by molar-refractivity contribution is 6.67. The van der Waals surface area contributed by atoms with Gasteiger partial charge < -0.3 is 14.9 Å². The second kappa shape index (κ2) is 4.58. The van der Waals surface area contributed by atoms with Crippen LogP contribution in [0.5, 0.6) is 5.75 Å². The monoisotopic (exact) mass is 262 g/mol. The fraction of sp³-hybridized carbons (Fsp3) is 0.333. The minimum Gasteiger partial charge on any atom is -0.508 e. The lowest BCUT2D eigenvalue weighted by molar-refractivity contribution is 0.0369. The Labute approximate surface area is 111 Å². The number of amides is 1. The van der Waals surface area contributed by atoms with Gasteiger partial charge in [-0.15, -0.1) is 0 Å². The molecule has 0 bridgehead atoms. The van der Waals surface area contributed by atoms with Gasteiger partial charge in [0.05, 0.1) is 6.21 Å².